The minimum absolute atomic E-state index is 0.0876. The molecule has 88 valence electrons. The molecule has 0 bridgehead atoms. The van der Waals surface area contributed by atoms with Gasteiger partial charge in [-0.3, -0.25) is 9.78 Å². The van der Waals surface area contributed by atoms with E-state index in [0.29, 0.717) is 6.54 Å². The number of hydrogen-bond donors (Lipinski definition) is 3. The third-order valence-electron chi connectivity index (χ3n) is 2.06. The number of hydrogen-bond acceptors (Lipinski definition) is 4. The summed E-state index contributed by atoms with van der Waals surface area (Å²) in [7, 11) is 0. The lowest BCUT2D eigenvalue weighted by Crippen LogP contribution is -2.26. The fourth-order valence-corrected chi connectivity index (χ4v) is 1.75. The maximum absolute atomic E-state index is 11.3. The van der Waals surface area contributed by atoms with Crippen LogP contribution in [0.4, 0.5) is 5.82 Å². The van der Waals surface area contributed by atoms with Crippen molar-refractivity contribution in [2.75, 3.05) is 5.32 Å². The molecule has 0 radical (unpaired) electrons. The normalized spacial score (nSPS) is 10.2. The van der Waals surface area contributed by atoms with Crippen LogP contribution in [0.2, 0.25) is 0 Å². The van der Waals surface area contributed by atoms with Gasteiger partial charge in [0, 0.05) is 11.0 Å². The molecule has 0 unspecified atom stereocenters. The van der Waals surface area contributed by atoms with Gasteiger partial charge in [0.05, 0.1) is 0 Å². The summed E-state index contributed by atoms with van der Waals surface area (Å²) in [6, 6.07) is 7.64. The highest BCUT2D eigenvalue weighted by Gasteiger charge is 2.01. The van der Waals surface area contributed by atoms with Gasteiger partial charge in [-0.1, -0.05) is 28.1 Å². The first-order valence-electron chi connectivity index (χ1n) is 4.82. The molecule has 1 aromatic carbocycles. The van der Waals surface area contributed by atoms with E-state index >= 15 is 0 Å². The number of nitrogens with one attached hydrogen (secondary N) is 3. The highest BCUT2D eigenvalue weighted by molar-refractivity contribution is 9.10. The van der Waals surface area contributed by atoms with Crippen molar-refractivity contribution in [2.45, 2.75) is 6.54 Å². The van der Waals surface area contributed by atoms with Crippen LogP contribution in [0.25, 0.3) is 0 Å². The van der Waals surface area contributed by atoms with Gasteiger partial charge in [-0.2, -0.15) is 0 Å². The minimum atomic E-state index is -0.622. The predicted molar refractivity (Wildman–Crippen MR) is 66.9 cm³/mol. The van der Waals surface area contributed by atoms with E-state index in [2.05, 4.69) is 36.4 Å². The summed E-state index contributed by atoms with van der Waals surface area (Å²) in [4.78, 5) is 24.2. The molecule has 6 nitrogen and oxygen atoms in total. The van der Waals surface area contributed by atoms with Gasteiger partial charge >= 0.3 is 5.69 Å². The molecule has 0 fully saturated rings. The lowest BCUT2D eigenvalue weighted by atomic mass is 10.2. The lowest BCUT2D eigenvalue weighted by Gasteiger charge is -2.04. The highest BCUT2D eigenvalue weighted by Crippen LogP contribution is 2.11. The summed E-state index contributed by atoms with van der Waals surface area (Å²) in [6.07, 6.45) is 0. The molecule has 2 rings (SSSR count). The molecular weight excluding hydrogens is 288 g/mol. The molecule has 7 heteroatoms. The Hall–Kier alpha value is -1.89. The Labute approximate surface area is 104 Å². The van der Waals surface area contributed by atoms with Crippen LogP contribution < -0.4 is 16.6 Å². The first-order chi connectivity index (χ1) is 8.15. The Morgan fingerprint density at radius 3 is 2.88 bits per heavy atom. The molecule has 17 heavy (non-hydrogen) atoms. The Bertz CT molecular complexity index is 634. The van der Waals surface area contributed by atoms with Crippen molar-refractivity contribution in [1.29, 1.82) is 0 Å². The van der Waals surface area contributed by atoms with E-state index in [4.69, 9.17) is 0 Å². The van der Waals surface area contributed by atoms with Crippen molar-refractivity contribution in [3.05, 3.63) is 55.1 Å². The quantitative estimate of drug-likeness (QED) is 0.782. The maximum Gasteiger partial charge on any atom is 0.342 e. The number of rotatable bonds is 3. The van der Waals surface area contributed by atoms with Crippen LogP contribution in [0.5, 0.6) is 0 Å². The summed E-state index contributed by atoms with van der Waals surface area (Å²) < 4.78 is 0.958. The molecule has 0 aliphatic rings. The molecule has 1 aromatic heterocycles. The second-order valence-corrected chi connectivity index (χ2v) is 4.25. The molecule has 2 aromatic rings. The number of anilines is 1. The lowest BCUT2D eigenvalue weighted by molar-refractivity contribution is 0.882. The van der Waals surface area contributed by atoms with Crippen LogP contribution in [0.3, 0.4) is 0 Å². The predicted octanol–water partition coefficient (Wildman–Crippen LogP) is 0.833. The zero-order valence-corrected chi connectivity index (χ0v) is 10.2. The van der Waals surface area contributed by atoms with Gasteiger partial charge < -0.3 is 5.32 Å². The SMILES string of the molecule is O=c1[nH]nc(NCc2cccc(Br)c2)c(=O)[nH]1. The van der Waals surface area contributed by atoms with Crippen LogP contribution in [0, 0.1) is 0 Å². The van der Waals surface area contributed by atoms with Gasteiger partial charge in [0.25, 0.3) is 5.56 Å². The average Bonchev–Trinajstić information content (AvgIpc) is 2.28. The zero-order chi connectivity index (χ0) is 12.3. The molecule has 0 saturated carbocycles. The molecule has 0 amide bonds. The summed E-state index contributed by atoms with van der Waals surface area (Å²) in [6.45, 7) is 0.446. The standard InChI is InChI=1S/C10H9BrN4O2/c11-7-3-1-2-6(4-7)5-12-8-9(16)13-10(17)15-14-8/h1-4H,5H2,(H,12,14)(H2,13,15,16,17). The van der Waals surface area contributed by atoms with Gasteiger partial charge in [0.15, 0.2) is 0 Å². The van der Waals surface area contributed by atoms with Crippen molar-refractivity contribution in [1.82, 2.24) is 15.2 Å². The summed E-state index contributed by atoms with van der Waals surface area (Å²) >= 11 is 3.35. The van der Waals surface area contributed by atoms with Crippen molar-refractivity contribution in [2.24, 2.45) is 0 Å². The molecule has 0 atom stereocenters. The molecule has 0 aliphatic carbocycles. The van der Waals surface area contributed by atoms with Gasteiger partial charge in [-0.25, -0.2) is 9.89 Å². The van der Waals surface area contributed by atoms with Crippen LogP contribution in [-0.4, -0.2) is 15.2 Å². The van der Waals surface area contributed by atoms with E-state index in [-0.39, 0.29) is 5.82 Å². The summed E-state index contributed by atoms with van der Waals surface area (Å²) in [5, 5.41) is 8.60. The largest absolute Gasteiger partial charge is 0.360 e. The number of nitrogens with zero attached hydrogens (tertiary/aromatic N) is 1. The van der Waals surface area contributed by atoms with Crippen LogP contribution in [0.15, 0.2) is 38.3 Å². The van der Waals surface area contributed by atoms with Crippen LogP contribution in [0.1, 0.15) is 5.56 Å². The van der Waals surface area contributed by atoms with Crippen molar-refractivity contribution < 1.29 is 0 Å². The molecule has 0 aliphatic heterocycles. The topological polar surface area (TPSA) is 90.6 Å². The molecule has 0 spiro atoms. The third kappa shape index (κ3) is 3.04. The number of halogens is 1. The second kappa shape index (κ2) is 4.96. The Morgan fingerprint density at radius 2 is 2.18 bits per heavy atom. The zero-order valence-electron chi connectivity index (χ0n) is 8.66. The average molecular weight is 297 g/mol. The first kappa shape index (κ1) is 11.6. The Kier molecular flexibility index (Phi) is 3.38. The monoisotopic (exact) mass is 296 g/mol. The van der Waals surface area contributed by atoms with Gasteiger partial charge in [0.1, 0.15) is 0 Å². The fourth-order valence-electron chi connectivity index (χ4n) is 1.30. The fraction of sp³-hybridized carbons (Fsp3) is 0.100. The van der Waals surface area contributed by atoms with Crippen LogP contribution >= 0.6 is 15.9 Å². The van der Waals surface area contributed by atoms with E-state index in [1.165, 1.54) is 0 Å². The number of aromatic amines is 2. The first-order valence-corrected chi connectivity index (χ1v) is 5.62. The van der Waals surface area contributed by atoms with Gasteiger partial charge in [0.2, 0.25) is 5.82 Å². The van der Waals surface area contributed by atoms with E-state index in [9.17, 15) is 9.59 Å². The molecule has 3 N–H and O–H groups in total. The number of H-pyrrole nitrogens is 2. The van der Waals surface area contributed by atoms with E-state index in [1.54, 1.807) is 0 Å². The van der Waals surface area contributed by atoms with Crippen molar-refractivity contribution in [3.63, 3.8) is 0 Å². The maximum atomic E-state index is 11.3. The van der Waals surface area contributed by atoms with E-state index in [1.807, 2.05) is 24.3 Å². The molecular formula is C10H9BrN4O2. The van der Waals surface area contributed by atoms with Gasteiger partial charge in [-0.15, -0.1) is 5.10 Å². The van der Waals surface area contributed by atoms with Crippen molar-refractivity contribution >= 4 is 21.7 Å². The smallest absolute Gasteiger partial charge is 0.342 e. The van der Waals surface area contributed by atoms with E-state index in [0.717, 1.165) is 10.0 Å². The highest BCUT2D eigenvalue weighted by atomic mass is 79.9. The second-order valence-electron chi connectivity index (χ2n) is 3.34. The molecule has 0 saturated heterocycles. The summed E-state index contributed by atoms with van der Waals surface area (Å²) in [5.74, 6) is 0.0876. The summed E-state index contributed by atoms with van der Waals surface area (Å²) in [5.41, 5.74) is -0.168. The van der Waals surface area contributed by atoms with Crippen LogP contribution in [-0.2, 0) is 6.54 Å². The van der Waals surface area contributed by atoms with E-state index < -0.39 is 11.2 Å². The number of aromatic nitrogens is 3. The minimum Gasteiger partial charge on any atom is -0.360 e. The van der Waals surface area contributed by atoms with Crippen molar-refractivity contribution in [3.8, 4) is 0 Å². The Morgan fingerprint density at radius 1 is 1.35 bits per heavy atom. The third-order valence-corrected chi connectivity index (χ3v) is 2.55. The Balaban J connectivity index is 2.12. The number of benzene rings is 1. The van der Waals surface area contributed by atoms with Gasteiger partial charge in [-0.05, 0) is 17.7 Å². The molecule has 1 heterocycles.